The minimum atomic E-state index is -2.40. The molecule has 0 spiro atoms. The Morgan fingerprint density at radius 1 is 1.60 bits per heavy atom. The molecule has 1 aliphatic heterocycles. The molecule has 0 aliphatic carbocycles. The molecule has 1 aliphatic rings. The van der Waals surface area contributed by atoms with Crippen LogP contribution in [0.2, 0.25) is 0 Å². The van der Waals surface area contributed by atoms with Crippen LogP contribution < -0.4 is 0 Å². The maximum Gasteiger partial charge on any atom is 0.239 e. The highest BCUT2D eigenvalue weighted by Gasteiger charge is 2.23. The van der Waals surface area contributed by atoms with Gasteiger partial charge in [-0.2, -0.15) is 0 Å². The number of nitrogens with zero attached hydrogens (tertiary/aromatic N) is 1. The van der Waals surface area contributed by atoms with Gasteiger partial charge in [0.05, 0.1) is 0 Å². The average Bonchev–Trinajstić information content (AvgIpc) is 2.17. The molecule has 86 valence electrons. The van der Waals surface area contributed by atoms with Gasteiger partial charge in [-0.05, 0) is 13.3 Å². The number of carbonyl (C=O) groups excluding carboxylic acids is 1. The maximum atomic E-state index is 12.1. The number of hydrogen-bond acceptors (Lipinski definition) is 1. The van der Waals surface area contributed by atoms with Gasteiger partial charge in [-0.3, -0.25) is 4.79 Å². The predicted molar refractivity (Wildman–Crippen MR) is 54.7 cm³/mol. The molecular formula is C11H17F2NO. The van der Waals surface area contributed by atoms with E-state index in [1.165, 1.54) is 5.57 Å². The number of rotatable bonds is 3. The third-order valence-electron chi connectivity index (χ3n) is 2.70. The van der Waals surface area contributed by atoms with Gasteiger partial charge in [0.15, 0.2) is 0 Å². The van der Waals surface area contributed by atoms with E-state index in [1.807, 2.05) is 13.0 Å². The number of halogens is 2. The lowest BCUT2D eigenvalue weighted by Gasteiger charge is -2.28. The van der Waals surface area contributed by atoms with Gasteiger partial charge in [-0.1, -0.05) is 18.6 Å². The van der Waals surface area contributed by atoms with Crippen LogP contribution in [0.5, 0.6) is 0 Å². The van der Waals surface area contributed by atoms with Crippen LogP contribution >= 0.6 is 0 Å². The molecule has 15 heavy (non-hydrogen) atoms. The highest BCUT2D eigenvalue weighted by Crippen LogP contribution is 2.16. The molecule has 0 aromatic heterocycles. The van der Waals surface area contributed by atoms with Crippen molar-refractivity contribution < 1.29 is 13.6 Å². The minimum absolute atomic E-state index is 0.154. The zero-order valence-electron chi connectivity index (χ0n) is 9.17. The van der Waals surface area contributed by atoms with Crippen molar-refractivity contribution in [2.24, 2.45) is 5.92 Å². The Bertz CT molecular complexity index is 263. The molecule has 1 unspecified atom stereocenters. The second-order valence-corrected chi connectivity index (χ2v) is 4.11. The largest absolute Gasteiger partial charge is 0.338 e. The molecule has 1 heterocycles. The SMILES string of the molecule is CC1=CCN(C(=O)C(C)CC(F)F)CC1. The lowest BCUT2D eigenvalue weighted by Crippen LogP contribution is -2.38. The molecule has 2 nitrogen and oxygen atoms in total. The van der Waals surface area contributed by atoms with E-state index in [1.54, 1.807) is 11.8 Å². The van der Waals surface area contributed by atoms with Crippen molar-refractivity contribution >= 4 is 5.91 Å². The quantitative estimate of drug-likeness (QED) is 0.665. The summed E-state index contributed by atoms with van der Waals surface area (Å²) < 4.78 is 24.2. The molecule has 0 bridgehead atoms. The Labute approximate surface area is 88.9 Å². The smallest absolute Gasteiger partial charge is 0.239 e. The number of amides is 1. The van der Waals surface area contributed by atoms with Crippen molar-refractivity contribution in [2.75, 3.05) is 13.1 Å². The fraction of sp³-hybridized carbons (Fsp3) is 0.727. The summed E-state index contributed by atoms with van der Waals surface area (Å²) in [5, 5.41) is 0. The molecule has 0 N–H and O–H groups in total. The first-order chi connectivity index (χ1) is 7.00. The van der Waals surface area contributed by atoms with Gasteiger partial charge in [0.25, 0.3) is 0 Å². The molecule has 0 aromatic rings. The molecule has 0 radical (unpaired) electrons. The monoisotopic (exact) mass is 217 g/mol. The first kappa shape index (κ1) is 12.1. The molecule has 0 saturated carbocycles. The predicted octanol–water partition coefficient (Wildman–Crippen LogP) is 2.46. The molecule has 0 aromatic carbocycles. The van der Waals surface area contributed by atoms with Crippen LogP contribution in [0, 0.1) is 5.92 Å². The molecule has 1 atom stereocenters. The van der Waals surface area contributed by atoms with Crippen molar-refractivity contribution in [3.8, 4) is 0 Å². The van der Waals surface area contributed by atoms with E-state index in [-0.39, 0.29) is 12.3 Å². The van der Waals surface area contributed by atoms with E-state index >= 15 is 0 Å². The van der Waals surface area contributed by atoms with Gasteiger partial charge in [0.1, 0.15) is 0 Å². The fourth-order valence-corrected chi connectivity index (χ4v) is 1.65. The van der Waals surface area contributed by atoms with Crippen LogP contribution in [0.4, 0.5) is 8.78 Å². The number of hydrogen-bond donors (Lipinski definition) is 0. The normalized spacial score (nSPS) is 19.0. The molecule has 0 fully saturated rings. The van der Waals surface area contributed by atoms with E-state index in [0.717, 1.165) is 6.42 Å². The summed E-state index contributed by atoms with van der Waals surface area (Å²) in [6, 6.07) is 0. The highest BCUT2D eigenvalue weighted by molar-refractivity contribution is 5.78. The van der Waals surface area contributed by atoms with Crippen LogP contribution in [-0.2, 0) is 4.79 Å². The molecular weight excluding hydrogens is 200 g/mol. The summed E-state index contributed by atoms with van der Waals surface area (Å²) >= 11 is 0. The Balaban J connectivity index is 2.47. The van der Waals surface area contributed by atoms with E-state index in [2.05, 4.69) is 0 Å². The molecule has 1 rings (SSSR count). The van der Waals surface area contributed by atoms with Crippen LogP contribution in [0.3, 0.4) is 0 Å². The topological polar surface area (TPSA) is 20.3 Å². The van der Waals surface area contributed by atoms with Crippen molar-refractivity contribution in [1.29, 1.82) is 0 Å². The third kappa shape index (κ3) is 3.61. The average molecular weight is 217 g/mol. The summed E-state index contributed by atoms with van der Waals surface area (Å²) in [4.78, 5) is 13.4. The van der Waals surface area contributed by atoms with Crippen LogP contribution in [0.25, 0.3) is 0 Å². The molecule has 4 heteroatoms. The third-order valence-corrected chi connectivity index (χ3v) is 2.70. The summed E-state index contributed by atoms with van der Waals surface area (Å²) in [5.41, 5.74) is 1.26. The van der Waals surface area contributed by atoms with E-state index in [4.69, 9.17) is 0 Å². The lowest BCUT2D eigenvalue weighted by molar-refractivity contribution is -0.135. The zero-order valence-corrected chi connectivity index (χ0v) is 9.17. The van der Waals surface area contributed by atoms with Crippen molar-refractivity contribution in [1.82, 2.24) is 4.90 Å². The number of alkyl halides is 2. The summed E-state index contributed by atoms with van der Waals surface area (Å²) in [7, 11) is 0. The number of carbonyl (C=O) groups is 1. The zero-order chi connectivity index (χ0) is 11.4. The first-order valence-corrected chi connectivity index (χ1v) is 5.23. The van der Waals surface area contributed by atoms with Gasteiger partial charge in [-0.25, -0.2) is 8.78 Å². The standard InChI is InChI=1S/C11H17F2NO/c1-8-3-5-14(6-4-8)11(15)9(2)7-10(12)13/h3,9-10H,4-7H2,1-2H3. The van der Waals surface area contributed by atoms with E-state index in [9.17, 15) is 13.6 Å². The van der Waals surface area contributed by atoms with Crippen molar-refractivity contribution in [2.45, 2.75) is 33.1 Å². The van der Waals surface area contributed by atoms with Crippen LogP contribution in [-0.4, -0.2) is 30.3 Å². The van der Waals surface area contributed by atoms with Crippen molar-refractivity contribution in [3.63, 3.8) is 0 Å². The Morgan fingerprint density at radius 2 is 2.27 bits per heavy atom. The minimum Gasteiger partial charge on any atom is -0.338 e. The Kier molecular flexibility index (Phi) is 4.24. The van der Waals surface area contributed by atoms with Gasteiger partial charge < -0.3 is 4.90 Å². The molecule has 0 saturated heterocycles. The Hall–Kier alpha value is -0.930. The maximum absolute atomic E-state index is 12.1. The molecule has 1 amide bonds. The highest BCUT2D eigenvalue weighted by atomic mass is 19.3. The second kappa shape index (κ2) is 5.24. The van der Waals surface area contributed by atoms with Gasteiger partial charge in [0.2, 0.25) is 12.3 Å². The summed E-state index contributed by atoms with van der Waals surface area (Å²) in [6.07, 6.45) is 0.104. The van der Waals surface area contributed by atoms with Crippen molar-refractivity contribution in [3.05, 3.63) is 11.6 Å². The fourth-order valence-electron chi connectivity index (χ4n) is 1.65. The Morgan fingerprint density at radius 3 is 2.73 bits per heavy atom. The first-order valence-electron chi connectivity index (χ1n) is 5.23. The van der Waals surface area contributed by atoms with E-state index < -0.39 is 12.3 Å². The second-order valence-electron chi connectivity index (χ2n) is 4.11. The summed E-state index contributed by atoms with van der Waals surface area (Å²) in [6.45, 7) is 4.82. The summed E-state index contributed by atoms with van der Waals surface area (Å²) in [5.74, 6) is -0.726. The van der Waals surface area contributed by atoms with E-state index in [0.29, 0.717) is 13.1 Å². The van der Waals surface area contributed by atoms with Gasteiger partial charge in [-0.15, -0.1) is 0 Å². The van der Waals surface area contributed by atoms with Crippen LogP contribution in [0.1, 0.15) is 26.7 Å². The van der Waals surface area contributed by atoms with Gasteiger partial charge in [0, 0.05) is 25.4 Å². The van der Waals surface area contributed by atoms with Gasteiger partial charge >= 0.3 is 0 Å². The van der Waals surface area contributed by atoms with Crippen LogP contribution in [0.15, 0.2) is 11.6 Å². The lowest BCUT2D eigenvalue weighted by atomic mass is 10.0.